The first-order valence-electron chi connectivity index (χ1n) is 46.1. The van der Waals surface area contributed by atoms with Crippen molar-refractivity contribution < 1.29 is 80.2 Å². The summed E-state index contributed by atoms with van der Waals surface area (Å²) in [5, 5.41) is 10.7. The van der Waals surface area contributed by atoms with Gasteiger partial charge in [-0.05, 0) is 51.4 Å². The largest absolute Gasteiger partial charge is 0.472 e. The van der Waals surface area contributed by atoms with Crippen molar-refractivity contribution in [2.75, 3.05) is 39.6 Å². The fraction of sp³-hybridized carbons (Fsp3) is 0.911. The first kappa shape index (κ1) is 107. The van der Waals surface area contributed by atoms with Crippen molar-refractivity contribution in [2.24, 2.45) is 0 Å². The van der Waals surface area contributed by atoms with Crippen LogP contribution in [0.3, 0.4) is 0 Å². The molecule has 0 bridgehead atoms. The first-order chi connectivity index (χ1) is 53.2. The van der Waals surface area contributed by atoms with Gasteiger partial charge in [0.15, 0.2) is 12.2 Å². The number of phosphoric acid groups is 2. The number of aliphatic hydroxyl groups is 1. The highest BCUT2D eigenvalue weighted by Crippen LogP contribution is 2.45. The van der Waals surface area contributed by atoms with Gasteiger partial charge >= 0.3 is 39.5 Å². The number of phosphoric ester groups is 2. The third kappa shape index (κ3) is 83.3. The Bertz CT molecular complexity index is 2150. The van der Waals surface area contributed by atoms with Gasteiger partial charge in [0.25, 0.3) is 0 Å². The van der Waals surface area contributed by atoms with E-state index in [2.05, 4.69) is 52.0 Å². The Morgan fingerprint density at radius 2 is 0.440 bits per heavy atom. The minimum absolute atomic E-state index is 0.0862. The molecule has 0 radical (unpaired) electrons. The summed E-state index contributed by atoms with van der Waals surface area (Å²) in [6.07, 6.45) is 82.8. The predicted octanol–water partition coefficient (Wildman–Crippen LogP) is 27.6. The molecule has 0 saturated carbocycles. The molecule has 0 aliphatic rings. The summed E-state index contributed by atoms with van der Waals surface area (Å²) in [7, 11) is -9.94. The highest BCUT2D eigenvalue weighted by molar-refractivity contribution is 7.47. The zero-order chi connectivity index (χ0) is 79.6. The molecule has 0 aromatic heterocycles. The Morgan fingerprint density at radius 1 is 0.257 bits per heavy atom. The average molecular weight is 1590 g/mol. The summed E-state index contributed by atoms with van der Waals surface area (Å²) in [5.41, 5.74) is 0. The number of hydrogen-bond donors (Lipinski definition) is 3. The van der Waals surface area contributed by atoms with Crippen molar-refractivity contribution in [1.29, 1.82) is 0 Å². The van der Waals surface area contributed by atoms with E-state index in [4.69, 9.17) is 37.0 Å². The number of carbonyl (C=O) groups excluding carboxylic acids is 4. The van der Waals surface area contributed by atoms with Gasteiger partial charge in [-0.15, -0.1) is 0 Å². The molecule has 0 fully saturated rings. The number of unbranched alkanes of at least 4 members (excludes halogenated alkanes) is 60. The Labute approximate surface area is 669 Å². The van der Waals surface area contributed by atoms with Crippen molar-refractivity contribution in [3.05, 3.63) is 24.3 Å². The van der Waals surface area contributed by atoms with Crippen LogP contribution in [-0.2, 0) is 65.4 Å². The molecule has 19 heteroatoms. The SMILES string of the molecule is CCCCCC/C=C\C=C/CCCCCCCC(=O)O[C@H](COC(=O)CCCCCCCCCCCCCCC)COP(=O)(O)OC[C@H](O)COP(=O)(O)OC[C@@H](COC(=O)CCCCCCCCCCCCCCCCCCCCC)OC(=O)CCCCCCCCCCCCCCCCCCCCCCCC. The summed E-state index contributed by atoms with van der Waals surface area (Å²) in [6.45, 7) is 5.01. The molecule has 109 heavy (non-hydrogen) atoms. The maximum Gasteiger partial charge on any atom is 0.472 e. The third-order valence-corrected chi connectivity index (χ3v) is 22.6. The van der Waals surface area contributed by atoms with Gasteiger partial charge in [0.1, 0.15) is 19.3 Å². The third-order valence-electron chi connectivity index (χ3n) is 20.7. The van der Waals surface area contributed by atoms with Crippen LogP contribution < -0.4 is 0 Å². The molecule has 0 aromatic carbocycles. The number of aliphatic hydroxyl groups excluding tert-OH is 1. The summed E-state index contributed by atoms with van der Waals surface area (Å²) in [6, 6.07) is 0. The molecule has 0 aromatic rings. The van der Waals surface area contributed by atoms with Crippen LogP contribution in [0, 0.1) is 0 Å². The molecule has 644 valence electrons. The van der Waals surface area contributed by atoms with E-state index in [1.165, 1.54) is 289 Å². The van der Waals surface area contributed by atoms with Crippen LogP contribution in [0.4, 0.5) is 0 Å². The van der Waals surface area contributed by atoms with Crippen LogP contribution in [0.5, 0.6) is 0 Å². The standard InChI is InChI=1S/C90H172O17P2/c1-5-9-13-17-21-25-29-33-36-38-40-41-42-44-46-49-53-57-61-65-69-73-77-90(95)107-86(81-101-88(93)75-71-67-63-59-55-51-48-45-43-39-37-34-30-26-22-18-14-10-6-2)83-105-109(98,99)103-79-84(91)78-102-108(96,97)104-82-85(80-100-87(92)74-70-66-62-58-54-50-32-28-24-20-16-12-8-4)106-89(94)76-72-68-64-60-56-52-47-35-31-27-23-19-15-11-7-3/h27,31,35,47,84-86,91H,5-26,28-30,32-34,36-46,48-83H2,1-4H3,(H,96,97)(H,98,99)/b31-27-,47-35-/t84-,85+,86+/m0/s1. The molecular weight excluding hydrogens is 1410 g/mol. The van der Waals surface area contributed by atoms with Gasteiger partial charge in [-0.2, -0.15) is 0 Å². The second-order valence-corrected chi connectivity index (χ2v) is 34.6. The number of rotatable bonds is 89. The molecule has 3 N–H and O–H groups in total. The highest BCUT2D eigenvalue weighted by Gasteiger charge is 2.30. The van der Waals surface area contributed by atoms with Gasteiger partial charge in [-0.1, -0.05) is 418 Å². The van der Waals surface area contributed by atoms with E-state index < -0.39 is 97.5 Å². The maximum atomic E-state index is 13.2. The van der Waals surface area contributed by atoms with Gasteiger partial charge in [0.05, 0.1) is 26.4 Å². The summed E-state index contributed by atoms with van der Waals surface area (Å²) >= 11 is 0. The van der Waals surface area contributed by atoms with Crippen LogP contribution in [-0.4, -0.2) is 96.7 Å². The van der Waals surface area contributed by atoms with Gasteiger partial charge < -0.3 is 33.8 Å². The molecule has 0 heterocycles. The van der Waals surface area contributed by atoms with Crippen LogP contribution in [0.1, 0.15) is 471 Å². The van der Waals surface area contributed by atoms with E-state index in [1.807, 2.05) is 0 Å². The second kappa shape index (κ2) is 83.5. The van der Waals surface area contributed by atoms with Crippen molar-refractivity contribution >= 4 is 39.5 Å². The smallest absolute Gasteiger partial charge is 0.462 e. The van der Waals surface area contributed by atoms with E-state index in [0.717, 1.165) is 103 Å². The Balaban J connectivity index is 5.27. The normalized spacial score (nSPS) is 13.8. The van der Waals surface area contributed by atoms with Gasteiger partial charge in [0.2, 0.25) is 0 Å². The lowest BCUT2D eigenvalue weighted by Gasteiger charge is -2.21. The number of carbonyl (C=O) groups is 4. The molecule has 0 spiro atoms. The zero-order valence-electron chi connectivity index (χ0n) is 71.0. The van der Waals surface area contributed by atoms with Gasteiger partial charge in [-0.25, -0.2) is 9.13 Å². The second-order valence-electron chi connectivity index (χ2n) is 31.7. The summed E-state index contributed by atoms with van der Waals surface area (Å²) in [5.74, 6) is -2.12. The van der Waals surface area contributed by atoms with Crippen molar-refractivity contribution in [2.45, 2.75) is 489 Å². The van der Waals surface area contributed by atoms with Crippen molar-refractivity contribution in [1.82, 2.24) is 0 Å². The number of esters is 4. The van der Waals surface area contributed by atoms with Crippen LogP contribution in [0.2, 0.25) is 0 Å². The van der Waals surface area contributed by atoms with Crippen molar-refractivity contribution in [3.63, 3.8) is 0 Å². The van der Waals surface area contributed by atoms with E-state index in [9.17, 15) is 43.2 Å². The average Bonchev–Trinajstić information content (AvgIpc) is 0.917. The molecule has 0 aliphatic carbocycles. The minimum atomic E-state index is -4.97. The minimum Gasteiger partial charge on any atom is -0.462 e. The summed E-state index contributed by atoms with van der Waals surface area (Å²) in [4.78, 5) is 73.4. The molecule has 0 saturated heterocycles. The predicted molar refractivity (Wildman–Crippen MR) is 451 cm³/mol. The molecule has 17 nitrogen and oxygen atoms in total. The number of ether oxygens (including phenoxy) is 4. The maximum absolute atomic E-state index is 13.2. The van der Waals surface area contributed by atoms with Crippen LogP contribution in [0.25, 0.3) is 0 Å². The van der Waals surface area contributed by atoms with Crippen LogP contribution >= 0.6 is 15.6 Å². The van der Waals surface area contributed by atoms with Crippen molar-refractivity contribution in [3.8, 4) is 0 Å². The molecule has 0 aliphatic heterocycles. The quantitative estimate of drug-likeness (QED) is 0.0169. The van der Waals surface area contributed by atoms with E-state index in [1.54, 1.807) is 0 Å². The first-order valence-corrected chi connectivity index (χ1v) is 49.1. The fourth-order valence-electron chi connectivity index (χ4n) is 13.7. The van der Waals surface area contributed by atoms with E-state index in [-0.39, 0.29) is 25.7 Å². The molecular formula is C90H172O17P2. The monoisotopic (exact) mass is 1590 g/mol. The Hall–Kier alpha value is -2.46. The highest BCUT2D eigenvalue weighted by atomic mass is 31.2. The number of allylic oxidation sites excluding steroid dienone is 4. The lowest BCUT2D eigenvalue weighted by Crippen LogP contribution is -2.30. The van der Waals surface area contributed by atoms with Crippen LogP contribution in [0.15, 0.2) is 24.3 Å². The zero-order valence-corrected chi connectivity index (χ0v) is 72.8. The Morgan fingerprint density at radius 3 is 0.670 bits per heavy atom. The lowest BCUT2D eigenvalue weighted by molar-refractivity contribution is -0.161. The van der Waals surface area contributed by atoms with Gasteiger partial charge in [-0.3, -0.25) is 37.3 Å². The Kier molecular flexibility index (Phi) is 81.6. The summed E-state index contributed by atoms with van der Waals surface area (Å²) < 4.78 is 69.0. The molecule has 0 rings (SSSR count). The lowest BCUT2D eigenvalue weighted by atomic mass is 10.0. The van der Waals surface area contributed by atoms with Gasteiger partial charge in [0, 0.05) is 25.7 Å². The number of hydrogen-bond acceptors (Lipinski definition) is 15. The fourth-order valence-corrected chi connectivity index (χ4v) is 15.3. The molecule has 2 unspecified atom stereocenters. The topological polar surface area (TPSA) is 237 Å². The molecule has 0 amide bonds. The van der Waals surface area contributed by atoms with E-state index >= 15 is 0 Å². The van der Waals surface area contributed by atoms with E-state index in [0.29, 0.717) is 25.7 Å². The molecule has 5 atom stereocenters.